The highest BCUT2D eigenvalue weighted by Crippen LogP contribution is 2.39. The molecule has 1 saturated heterocycles. The molecule has 2 aliphatic rings. The summed E-state index contributed by atoms with van der Waals surface area (Å²) in [5.41, 5.74) is 6.80. The van der Waals surface area contributed by atoms with Crippen LogP contribution >= 0.6 is 0 Å². The van der Waals surface area contributed by atoms with Gasteiger partial charge in [0.15, 0.2) is 5.82 Å². The van der Waals surface area contributed by atoms with Gasteiger partial charge in [-0.3, -0.25) is 19.3 Å². The lowest BCUT2D eigenvalue weighted by Crippen LogP contribution is -2.39. The number of aromatic amines is 1. The van der Waals surface area contributed by atoms with E-state index < -0.39 is 0 Å². The van der Waals surface area contributed by atoms with Gasteiger partial charge in [-0.2, -0.15) is 0 Å². The van der Waals surface area contributed by atoms with Gasteiger partial charge in [0.1, 0.15) is 0 Å². The van der Waals surface area contributed by atoms with Gasteiger partial charge in [0.25, 0.3) is 11.8 Å². The third-order valence-electron chi connectivity index (χ3n) is 8.63. The second-order valence-electron chi connectivity index (χ2n) is 11.9. The molecule has 0 radical (unpaired) electrons. The van der Waals surface area contributed by atoms with E-state index in [1.807, 2.05) is 84.9 Å². The summed E-state index contributed by atoms with van der Waals surface area (Å²) >= 11 is 0. The molecular weight excluding hydrogens is 604 g/mol. The Bertz CT molecular complexity index is 1980. The van der Waals surface area contributed by atoms with Crippen LogP contribution in [-0.2, 0) is 9.59 Å². The molecule has 48 heavy (non-hydrogen) atoms. The summed E-state index contributed by atoms with van der Waals surface area (Å²) in [6, 6.07) is 30.1. The van der Waals surface area contributed by atoms with Gasteiger partial charge in [0.2, 0.25) is 5.91 Å². The molecule has 0 bridgehead atoms. The number of amides is 3. The number of rotatable bonds is 8. The zero-order chi connectivity index (χ0) is 33.0. The normalized spacial score (nSPS) is 15.7. The number of nitrogens with zero attached hydrogens (tertiary/aromatic N) is 3. The van der Waals surface area contributed by atoms with Gasteiger partial charge in [-0.1, -0.05) is 42.5 Å². The first-order valence-electron chi connectivity index (χ1n) is 16.0. The van der Waals surface area contributed by atoms with Gasteiger partial charge in [-0.15, -0.1) is 0 Å². The monoisotopic (exact) mass is 640 g/mol. The number of aromatic nitrogens is 2. The lowest BCUT2D eigenvalue weighted by Gasteiger charge is -2.24. The molecule has 1 fully saturated rings. The molecule has 3 heterocycles. The largest absolute Gasteiger partial charge is 0.354 e. The summed E-state index contributed by atoms with van der Waals surface area (Å²) in [5, 5.41) is 12.7. The van der Waals surface area contributed by atoms with Crippen LogP contribution in [0.25, 0.3) is 22.3 Å². The van der Waals surface area contributed by atoms with E-state index in [2.05, 4.69) is 36.1 Å². The van der Waals surface area contributed by atoms with Crippen molar-refractivity contribution in [1.29, 1.82) is 0 Å². The third-order valence-corrected chi connectivity index (χ3v) is 8.63. The van der Waals surface area contributed by atoms with Crippen LogP contribution in [0, 0.1) is 0 Å². The van der Waals surface area contributed by atoms with E-state index >= 15 is 0 Å². The summed E-state index contributed by atoms with van der Waals surface area (Å²) in [6.07, 6.45) is 1.03. The zero-order valence-electron chi connectivity index (χ0n) is 26.5. The van der Waals surface area contributed by atoms with E-state index in [0.717, 1.165) is 55.1 Å². The number of hydrogen-bond donors (Lipinski definition) is 5. The fourth-order valence-corrected chi connectivity index (χ4v) is 6.05. The van der Waals surface area contributed by atoms with Gasteiger partial charge in [-0.05, 0) is 79.7 Å². The topological polar surface area (TPSA) is 134 Å². The summed E-state index contributed by atoms with van der Waals surface area (Å²) in [5.74, 6) is -0.402. The molecule has 0 unspecified atom stereocenters. The number of likely N-dealkylation sites (N-methyl/N-ethyl adjacent to an activating group) is 1. The van der Waals surface area contributed by atoms with Crippen LogP contribution in [0.1, 0.15) is 28.2 Å². The highest BCUT2D eigenvalue weighted by Gasteiger charge is 2.29. The fourth-order valence-electron chi connectivity index (χ4n) is 6.05. The number of nitrogens with one attached hydrogen (secondary N) is 5. The van der Waals surface area contributed by atoms with Gasteiger partial charge in [0.05, 0.1) is 34.5 Å². The maximum Gasteiger partial charge on any atom is 0.291 e. The highest BCUT2D eigenvalue weighted by molar-refractivity contribution is 6.37. The number of anilines is 4. The van der Waals surface area contributed by atoms with Crippen LogP contribution in [0.2, 0.25) is 0 Å². The Kier molecular flexibility index (Phi) is 8.69. The minimum Gasteiger partial charge on any atom is -0.354 e. The molecule has 0 aliphatic carbocycles. The number of imidazole rings is 1. The van der Waals surface area contributed by atoms with Gasteiger partial charge in [0, 0.05) is 42.8 Å². The molecule has 1 aromatic heterocycles. The van der Waals surface area contributed by atoms with E-state index in [1.54, 1.807) is 24.1 Å². The molecule has 2 aliphatic heterocycles. The number of fused-ring (bicyclic) bond motifs is 2. The quantitative estimate of drug-likeness (QED) is 0.151. The zero-order valence-corrected chi connectivity index (χ0v) is 26.5. The standard InChI is InChI=1S/C37H36N8O3/c1-44(32(46)23-45-20-7-18-38-19-21-45)27-15-12-25(13-16-27)39-34(24-8-3-2-4-9-24)33-28-17-14-26(22-31(28)43-36(33)47)40-37(48)35-41-29-10-5-6-11-30(29)42-35/h2-6,8-17,22,38-39H,7,18-21,23H2,1H3,(H,40,48)(H,41,42)(H,43,47)/b34-33-. The van der Waals surface area contributed by atoms with Crippen LogP contribution in [0.3, 0.4) is 0 Å². The van der Waals surface area contributed by atoms with Crippen LogP contribution in [0.15, 0.2) is 97.1 Å². The van der Waals surface area contributed by atoms with Crippen molar-refractivity contribution in [2.75, 3.05) is 60.6 Å². The molecule has 11 heteroatoms. The summed E-state index contributed by atoms with van der Waals surface area (Å²) < 4.78 is 0. The van der Waals surface area contributed by atoms with E-state index in [4.69, 9.17) is 0 Å². The smallest absolute Gasteiger partial charge is 0.291 e. The van der Waals surface area contributed by atoms with Crippen molar-refractivity contribution >= 4 is 62.8 Å². The molecule has 7 rings (SSSR count). The first kappa shape index (κ1) is 30.9. The average Bonchev–Trinajstić information content (AvgIpc) is 3.58. The van der Waals surface area contributed by atoms with E-state index in [0.29, 0.717) is 40.3 Å². The maximum absolute atomic E-state index is 13.5. The molecule has 4 aromatic carbocycles. The molecule has 5 aromatic rings. The van der Waals surface area contributed by atoms with Crippen molar-refractivity contribution in [3.05, 3.63) is 114 Å². The predicted molar refractivity (Wildman–Crippen MR) is 190 cm³/mol. The number of para-hydroxylation sites is 2. The Morgan fingerprint density at radius 2 is 1.65 bits per heavy atom. The van der Waals surface area contributed by atoms with Gasteiger partial charge in [-0.25, -0.2) is 4.98 Å². The summed E-state index contributed by atoms with van der Waals surface area (Å²) in [6.45, 7) is 4.01. The van der Waals surface area contributed by atoms with Crippen LogP contribution in [0.4, 0.5) is 22.7 Å². The number of benzene rings is 4. The SMILES string of the molecule is CN(C(=O)CN1CCCNCC1)c1ccc(N/C(=C2\C(=O)Nc3cc(NC(=O)c4nc5ccccc5[nH]4)ccc32)c2ccccc2)cc1. The Labute approximate surface area is 278 Å². The van der Waals surface area contributed by atoms with E-state index in [-0.39, 0.29) is 23.5 Å². The van der Waals surface area contributed by atoms with Crippen LogP contribution in [-0.4, -0.2) is 72.4 Å². The fraction of sp³-hybridized carbons (Fsp3) is 0.189. The number of carbonyl (C=O) groups is 3. The lowest BCUT2D eigenvalue weighted by atomic mass is 9.99. The number of hydrogen-bond acceptors (Lipinski definition) is 7. The second-order valence-corrected chi connectivity index (χ2v) is 11.9. The summed E-state index contributed by atoms with van der Waals surface area (Å²) in [4.78, 5) is 50.9. The van der Waals surface area contributed by atoms with E-state index in [1.165, 1.54) is 0 Å². The Morgan fingerprint density at radius 1 is 0.875 bits per heavy atom. The Morgan fingerprint density at radius 3 is 2.46 bits per heavy atom. The number of H-pyrrole nitrogens is 1. The molecule has 0 spiro atoms. The first-order chi connectivity index (χ1) is 23.4. The number of carbonyl (C=O) groups excluding carboxylic acids is 3. The average molecular weight is 641 g/mol. The minimum atomic E-state index is -0.382. The van der Waals surface area contributed by atoms with Crippen molar-refractivity contribution in [3.8, 4) is 0 Å². The van der Waals surface area contributed by atoms with Crippen LogP contribution < -0.4 is 26.2 Å². The summed E-state index contributed by atoms with van der Waals surface area (Å²) in [7, 11) is 1.80. The molecule has 5 N–H and O–H groups in total. The molecule has 3 amide bonds. The molecule has 0 saturated carbocycles. The van der Waals surface area contributed by atoms with Crippen molar-refractivity contribution in [1.82, 2.24) is 20.2 Å². The van der Waals surface area contributed by atoms with E-state index in [9.17, 15) is 14.4 Å². The maximum atomic E-state index is 13.5. The van der Waals surface area contributed by atoms with Crippen LogP contribution in [0.5, 0.6) is 0 Å². The van der Waals surface area contributed by atoms with Gasteiger partial charge < -0.3 is 31.2 Å². The molecule has 11 nitrogen and oxygen atoms in total. The first-order valence-corrected chi connectivity index (χ1v) is 16.0. The molecule has 242 valence electrons. The molecule has 0 atom stereocenters. The molecular formula is C37H36N8O3. The second kappa shape index (κ2) is 13.5. The lowest BCUT2D eigenvalue weighted by molar-refractivity contribution is -0.119. The van der Waals surface area contributed by atoms with Crippen molar-refractivity contribution in [2.24, 2.45) is 0 Å². The van der Waals surface area contributed by atoms with Gasteiger partial charge >= 0.3 is 0 Å². The highest BCUT2D eigenvalue weighted by atomic mass is 16.2. The van der Waals surface area contributed by atoms with Crippen molar-refractivity contribution in [2.45, 2.75) is 6.42 Å². The Balaban J connectivity index is 1.12. The van der Waals surface area contributed by atoms with Crippen molar-refractivity contribution in [3.63, 3.8) is 0 Å². The third kappa shape index (κ3) is 6.55. The predicted octanol–water partition coefficient (Wildman–Crippen LogP) is 5.01. The van der Waals surface area contributed by atoms with Crippen molar-refractivity contribution < 1.29 is 14.4 Å². The Hall–Kier alpha value is -5.78. The minimum absolute atomic E-state index is 0.0390.